The molecule has 8 heteroatoms. The summed E-state index contributed by atoms with van der Waals surface area (Å²) >= 11 is 0. The van der Waals surface area contributed by atoms with E-state index < -0.39 is 0 Å². The second kappa shape index (κ2) is 6.52. The van der Waals surface area contributed by atoms with Gasteiger partial charge in [0.25, 0.3) is 0 Å². The van der Waals surface area contributed by atoms with Crippen LogP contribution >= 0.6 is 0 Å². The van der Waals surface area contributed by atoms with E-state index in [4.69, 9.17) is 9.15 Å². The Balaban J connectivity index is 1.60. The maximum absolute atomic E-state index is 5.31. The molecule has 1 aromatic carbocycles. The lowest BCUT2D eigenvalue weighted by Crippen LogP contribution is -2.05. The summed E-state index contributed by atoms with van der Waals surface area (Å²) in [4.78, 5) is 16.2. The predicted octanol–water partition coefficient (Wildman–Crippen LogP) is 3.31. The van der Waals surface area contributed by atoms with Gasteiger partial charge in [-0.3, -0.25) is 0 Å². The summed E-state index contributed by atoms with van der Waals surface area (Å²) in [5, 5.41) is 6.42. The Morgan fingerprint density at radius 2 is 2.04 bits per heavy atom. The lowest BCUT2D eigenvalue weighted by Gasteiger charge is -2.09. The minimum atomic E-state index is 0.465. The van der Waals surface area contributed by atoms with Crippen molar-refractivity contribution in [3.8, 4) is 5.75 Å². The van der Waals surface area contributed by atoms with Crippen LogP contribution in [0.15, 0.2) is 53.4 Å². The topological polar surface area (TPSA) is 101 Å². The molecule has 0 aliphatic carbocycles. The summed E-state index contributed by atoms with van der Waals surface area (Å²) in [7, 11) is 1.64. The van der Waals surface area contributed by atoms with Gasteiger partial charge in [-0.25, -0.2) is 4.98 Å². The number of nitrogens with one attached hydrogen (secondary N) is 3. The van der Waals surface area contributed by atoms with Gasteiger partial charge in [0.15, 0.2) is 11.5 Å². The Kier molecular flexibility index (Phi) is 3.91. The number of nitrogens with zero attached hydrogens (tertiary/aromatic N) is 3. The van der Waals surface area contributed by atoms with Gasteiger partial charge in [-0.2, -0.15) is 9.97 Å². The van der Waals surface area contributed by atoms with Crippen molar-refractivity contribution < 1.29 is 9.15 Å². The number of anilines is 3. The molecule has 8 nitrogen and oxygen atoms in total. The highest BCUT2D eigenvalue weighted by Gasteiger charge is 2.11. The number of aromatic amines is 1. The molecular weight excluding hydrogens is 320 g/mol. The van der Waals surface area contributed by atoms with Gasteiger partial charge in [0.05, 0.1) is 26.2 Å². The van der Waals surface area contributed by atoms with Crippen LogP contribution in [0, 0.1) is 0 Å². The molecule has 0 amide bonds. The fraction of sp³-hybridized carbons (Fsp3) is 0.118. The minimum Gasteiger partial charge on any atom is -0.497 e. The summed E-state index contributed by atoms with van der Waals surface area (Å²) in [6, 6.07) is 11.3. The number of benzene rings is 1. The zero-order valence-electron chi connectivity index (χ0n) is 13.5. The molecule has 0 aliphatic rings. The first-order chi connectivity index (χ1) is 12.3. The average Bonchev–Trinajstić information content (AvgIpc) is 3.32. The zero-order chi connectivity index (χ0) is 17.1. The van der Waals surface area contributed by atoms with Crippen LogP contribution < -0.4 is 15.4 Å². The summed E-state index contributed by atoms with van der Waals surface area (Å²) in [6.45, 7) is 0.491. The smallest absolute Gasteiger partial charge is 0.227 e. The van der Waals surface area contributed by atoms with Crippen molar-refractivity contribution in [1.82, 2.24) is 19.9 Å². The third kappa shape index (κ3) is 3.23. The van der Waals surface area contributed by atoms with Gasteiger partial charge in [-0.1, -0.05) is 0 Å². The van der Waals surface area contributed by atoms with Crippen LogP contribution in [0.1, 0.15) is 5.76 Å². The van der Waals surface area contributed by atoms with Gasteiger partial charge in [-0.15, -0.1) is 0 Å². The predicted molar refractivity (Wildman–Crippen MR) is 94.0 cm³/mol. The Labute approximate surface area is 143 Å². The number of H-pyrrole nitrogens is 1. The van der Waals surface area contributed by atoms with Crippen LogP contribution in [0.2, 0.25) is 0 Å². The molecule has 0 bridgehead atoms. The summed E-state index contributed by atoms with van der Waals surface area (Å²) in [6.07, 6.45) is 3.22. The van der Waals surface area contributed by atoms with E-state index in [0.29, 0.717) is 24.0 Å². The third-order valence-corrected chi connectivity index (χ3v) is 3.64. The highest BCUT2D eigenvalue weighted by atomic mass is 16.5. The van der Waals surface area contributed by atoms with Crippen molar-refractivity contribution in [3.63, 3.8) is 0 Å². The molecule has 4 rings (SSSR count). The van der Waals surface area contributed by atoms with Crippen LogP contribution in [0.4, 0.5) is 17.5 Å². The van der Waals surface area contributed by atoms with E-state index in [1.54, 1.807) is 19.7 Å². The molecule has 4 aromatic rings. The van der Waals surface area contributed by atoms with Crippen LogP contribution in [0.5, 0.6) is 5.75 Å². The van der Waals surface area contributed by atoms with E-state index >= 15 is 0 Å². The van der Waals surface area contributed by atoms with Crippen molar-refractivity contribution in [2.45, 2.75) is 6.54 Å². The van der Waals surface area contributed by atoms with Crippen LogP contribution in [-0.4, -0.2) is 27.0 Å². The van der Waals surface area contributed by atoms with E-state index in [2.05, 4.69) is 30.6 Å². The lowest BCUT2D eigenvalue weighted by atomic mass is 10.3. The molecule has 0 saturated carbocycles. The molecule has 25 heavy (non-hydrogen) atoms. The number of hydrogen-bond acceptors (Lipinski definition) is 7. The molecule has 0 saturated heterocycles. The fourth-order valence-corrected chi connectivity index (χ4v) is 2.39. The number of fused-ring (bicyclic) bond motifs is 1. The molecule has 0 atom stereocenters. The molecule has 3 N–H and O–H groups in total. The average molecular weight is 336 g/mol. The number of ether oxygens (including phenoxy) is 1. The number of hydrogen-bond donors (Lipinski definition) is 3. The van der Waals surface area contributed by atoms with Gasteiger partial charge >= 0.3 is 0 Å². The van der Waals surface area contributed by atoms with Crippen molar-refractivity contribution in [3.05, 3.63) is 54.7 Å². The lowest BCUT2D eigenvalue weighted by molar-refractivity contribution is 0.415. The van der Waals surface area contributed by atoms with Crippen LogP contribution in [0.3, 0.4) is 0 Å². The van der Waals surface area contributed by atoms with E-state index in [1.807, 2.05) is 36.4 Å². The highest BCUT2D eigenvalue weighted by Crippen LogP contribution is 2.24. The number of rotatable bonds is 6. The molecule has 0 spiro atoms. The standard InChI is InChI=1S/C17H16N6O2/c1-24-12-6-4-11(5-7-12)21-16-14-15(20-10-19-14)22-17(23-16)18-9-13-3-2-8-25-13/h2-8,10H,9H2,1H3,(H3,18,19,20,21,22,23). The molecular formula is C17H16N6O2. The summed E-state index contributed by atoms with van der Waals surface area (Å²) < 4.78 is 10.5. The van der Waals surface area contributed by atoms with Crippen molar-refractivity contribution in [2.75, 3.05) is 17.7 Å². The van der Waals surface area contributed by atoms with Gasteiger partial charge in [0.2, 0.25) is 5.95 Å². The number of aromatic nitrogens is 4. The van der Waals surface area contributed by atoms with E-state index in [-0.39, 0.29) is 0 Å². The first-order valence-electron chi connectivity index (χ1n) is 7.70. The first kappa shape index (κ1) is 15.0. The van der Waals surface area contributed by atoms with Crippen LogP contribution in [0.25, 0.3) is 11.2 Å². The second-order valence-corrected chi connectivity index (χ2v) is 5.28. The summed E-state index contributed by atoms with van der Waals surface area (Å²) in [5.41, 5.74) is 2.19. The largest absolute Gasteiger partial charge is 0.497 e. The number of furan rings is 1. The van der Waals surface area contributed by atoms with Crippen molar-refractivity contribution >= 4 is 28.6 Å². The molecule has 0 radical (unpaired) electrons. The Morgan fingerprint density at radius 3 is 2.80 bits per heavy atom. The highest BCUT2D eigenvalue weighted by molar-refractivity contribution is 5.86. The third-order valence-electron chi connectivity index (χ3n) is 3.64. The molecule has 0 fully saturated rings. The fourth-order valence-electron chi connectivity index (χ4n) is 2.39. The summed E-state index contributed by atoms with van der Waals surface area (Å²) in [5.74, 6) is 2.69. The van der Waals surface area contributed by atoms with Gasteiger partial charge in [-0.05, 0) is 36.4 Å². The SMILES string of the molecule is COc1ccc(Nc2nc(NCc3ccco3)nc3nc[nH]c23)cc1. The Morgan fingerprint density at radius 1 is 1.16 bits per heavy atom. The molecule has 3 aromatic heterocycles. The number of imidazole rings is 1. The monoisotopic (exact) mass is 336 g/mol. The first-order valence-corrected chi connectivity index (χ1v) is 7.70. The van der Waals surface area contributed by atoms with E-state index in [1.165, 1.54) is 0 Å². The van der Waals surface area contributed by atoms with Gasteiger partial charge < -0.3 is 24.8 Å². The van der Waals surface area contributed by atoms with E-state index in [0.717, 1.165) is 22.7 Å². The van der Waals surface area contributed by atoms with Crippen molar-refractivity contribution in [1.29, 1.82) is 0 Å². The van der Waals surface area contributed by atoms with E-state index in [9.17, 15) is 0 Å². The second-order valence-electron chi connectivity index (χ2n) is 5.28. The molecule has 126 valence electrons. The maximum atomic E-state index is 5.31. The van der Waals surface area contributed by atoms with Gasteiger partial charge in [0.1, 0.15) is 17.0 Å². The minimum absolute atomic E-state index is 0.465. The van der Waals surface area contributed by atoms with Crippen LogP contribution in [-0.2, 0) is 6.54 Å². The van der Waals surface area contributed by atoms with Crippen molar-refractivity contribution in [2.24, 2.45) is 0 Å². The quantitative estimate of drug-likeness (QED) is 0.496. The maximum Gasteiger partial charge on any atom is 0.227 e. The normalized spacial score (nSPS) is 10.8. The molecule has 0 aliphatic heterocycles. The zero-order valence-corrected chi connectivity index (χ0v) is 13.5. The number of methoxy groups -OCH3 is 1. The molecule has 3 heterocycles. The molecule has 0 unspecified atom stereocenters. The van der Waals surface area contributed by atoms with Gasteiger partial charge in [0, 0.05) is 5.69 Å². The Bertz CT molecular complexity index is 963. The Hall–Kier alpha value is -3.55.